The summed E-state index contributed by atoms with van der Waals surface area (Å²) in [6.45, 7) is 0.644. The Hall–Kier alpha value is -1.80. The van der Waals surface area contributed by atoms with Gasteiger partial charge >= 0.3 is 6.18 Å². The molecular formula is C13H13F3N2O2S. The normalized spacial score (nSPS) is 11.8. The number of nitrogens with one attached hydrogen (secondary N) is 1. The van der Waals surface area contributed by atoms with E-state index >= 15 is 0 Å². The number of rotatable bonds is 4. The molecule has 0 bridgehead atoms. The third-order valence-electron chi connectivity index (χ3n) is 2.85. The van der Waals surface area contributed by atoms with Crippen molar-refractivity contribution in [1.29, 1.82) is 0 Å². The van der Waals surface area contributed by atoms with Crippen LogP contribution in [0.4, 0.5) is 18.9 Å². The van der Waals surface area contributed by atoms with E-state index in [-0.39, 0.29) is 16.0 Å². The third kappa shape index (κ3) is 3.27. The molecule has 0 unspecified atom stereocenters. The number of hydrogen-bond acceptors (Lipinski definition) is 4. The first kappa shape index (κ1) is 15.6. The maximum atomic E-state index is 12.7. The summed E-state index contributed by atoms with van der Waals surface area (Å²) in [5, 5.41) is 2.83. The Kier molecular flexibility index (Phi) is 4.38. The quantitative estimate of drug-likeness (QED) is 0.852. The van der Waals surface area contributed by atoms with Gasteiger partial charge in [0.05, 0.1) is 17.9 Å². The number of halogens is 3. The Morgan fingerprint density at radius 3 is 2.76 bits per heavy atom. The fourth-order valence-electron chi connectivity index (χ4n) is 1.81. The van der Waals surface area contributed by atoms with Crippen LogP contribution in [0.15, 0.2) is 18.2 Å². The molecule has 3 N–H and O–H groups in total. The zero-order valence-corrected chi connectivity index (χ0v) is 11.9. The maximum Gasteiger partial charge on any atom is 0.416 e. The number of nitrogen functional groups attached to an aromatic ring is 1. The van der Waals surface area contributed by atoms with Crippen LogP contribution in [0.5, 0.6) is 0 Å². The van der Waals surface area contributed by atoms with Crippen LogP contribution in [0.2, 0.25) is 0 Å². The minimum atomic E-state index is -4.44. The van der Waals surface area contributed by atoms with E-state index < -0.39 is 17.6 Å². The molecule has 0 aliphatic rings. The van der Waals surface area contributed by atoms with Gasteiger partial charge in [-0.1, -0.05) is 0 Å². The Balaban J connectivity index is 2.35. The second-order valence-corrected chi connectivity index (χ2v) is 5.35. The van der Waals surface area contributed by atoms with Gasteiger partial charge in [0.2, 0.25) is 0 Å². The van der Waals surface area contributed by atoms with E-state index in [0.717, 1.165) is 23.5 Å². The van der Waals surface area contributed by atoms with E-state index in [0.29, 0.717) is 17.9 Å². The highest BCUT2D eigenvalue weighted by atomic mass is 32.1. The van der Waals surface area contributed by atoms with Gasteiger partial charge in [-0.15, -0.1) is 11.3 Å². The Bertz CT molecular complexity index is 667. The topological polar surface area (TPSA) is 64.3 Å². The molecule has 0 aliphatic carbocycles. The first-order valence-corrected chi connectivity index (χ1v) is 6.82. The minimum Gasteiger partial charge on any atom is -0.397 e. The second-order valence-electron chi connectivity index (χ2n) is 4.30. The number of ether oxygens (including phenoxy) is 1. The number of nitrogens with two attached hydrogens (primary N) is 1. The zero-order chi connectivity index (χ0) is 15.6. The van der Waals surface area contributed by atoms with Gasteiger partial charge in [0.15, 0.2) is 0 Å². The standard InChI is InChI=1S/C13H13F3N2O2S/c1-20-5-4-18-12(19)11-10(17)8-6-7(13(14,15)16)2-3-9(8)21-11/h2-3,6H,4-5,17H2,1H3,(H,18,19). The average molecular weight is 318 g/mol. The number of methoxy groups -OCH3 is 1. The van der Waals surface area contributed by atoms with E-state index in [1.807, 2.05) is 0 Å². The van der Waals surface area contributed by atoms with Crippen LogP contribution in [0.3, 0.4) is 0 Å². The van der Waals surface area contributed by atoms with Crippen LogP contribution >= 0.6 is 11.3 Å². The summed E-state index contributed by atoms with van der Waals surface area (Å²) in [6.07, 6.45) is -4.44. The molecule has 0 atom stereocenters. The molecule has 1 heterocycles. The van der Waals surface area contributed by atoms with Gasteiger partial charge in [-0.05, 0) is 18.2 Å². The van der Waals surface area contributed by atoms with Crippen molar-refractivity contribution in [3.63, 3.8) is 0 Å². The lowest BCUT2D eigenvalue weighted by Crippen LogP contribution is -2.26. The molecule has 0 saturated heterocycles. The molecule has 2 aromatic rings. The first-order valence-electron chi connectivity index (χ1n) is 6.01. The number of carbonyl (C=O) groups is 1. The van der Waals surface area contributed by atoms with Crippen LogP contribution in [-0.2, 0) is 10.9 Å². The summed E-state index contributed by atoms with van der Waals surface area (Å²) in [6, 6.07) is 3.27. The highest BCUT2D eigenvalue weighted by Gasteiger charge is 2.31. The summed E-state index contributed by atoms with van der Waals surface area (Å²) < 4.78 is 43.4. The Labute approximate surface area is 122 Å². The molecule has 8 heteroatoms. The highest BCUT2D eigenvalue weighted by molar-refractivity contribution is 7.21. The first-order chi connectivity index (χ1) is 9.84. The average Bonchev–Trinajstić information content (AvgIpc) is 2.75. The van der Waals surface area contributed by atoms with Gasteiger partial charge in [0, 0.05) is 23.7 Å². The summed E-state index contributed by atoms with van der Waals surface area (Å²) in [5.41, 5.74) is 5.09. The van der Waals surface area contributed by atoms with E-state index in [4.69, 9.17) is 10.5 Å². The Morgan fingerprint density at radius 1 is 1.43 bits per heavy atom. The molecule has 0 radical (unpaired) electrons. The summed E-state index contributed by atoms with van der Waals surface area (Å²) in [7, 11) is 1.50. The van der Waals surface area contributed by atoms with Gasteiger partial charge < -0.3 is 15.8 Å². The third-order valence-corrected chi connectivity index (χ3v) is 4.04. The molecule has 21 heavy (non-hydrogen) atoms. The molecular weight excluding hydrogens is 305 g/mol. The lowest BCUT2D eigenvalue weighted by Gasteiger charge is -2.06. The predicted molar refractivity (Wildman–Crippen MR) is 75.4 cm³/mol. The number of benzene rings is 1. The fourth-order valence-corrected chi connectivity index (χ4v) is 2.83. The van der Waals surface area contributed by atoms with Crippen molar-refractivity contribution < 1.29 is 22.7 Å². The number of fused-ring (bicyclic) bond motifs is 1. The van der Waals surface area contributed by atoms with Crippen molar-refractivity contribution in [3.8, 4) is 0 Å². The molecule has 114 valence electrons. The highest BCUT2D eigenvalue weighted by Crippen LogP contribution is 2.38. The summed E-state index contributed by atoms with van der Waals surface area (Å²) in [4.78, 5) is 12.1. The van der Waals surface area contributed by atoms with Gasteiger partial charge in [-0.3, -0.25) is 4.79 Å². The second kappa shape index (κ2) is 5.90. The lowest BCUT2D eigenvalue weighted by atomic mass is 10.1. The predicted octanol–water partition coefficient (Wildman–Crippen LogP) is 2.88. The number of hydrogen-bond donors (Lipinski definition) is 2. The summed E-state index contributed by atoms with van der Waals surface area (Å²) >= 11 is 1.06. The van der Waals surface area contributed by atoms with E-state index in [9.17, 15) is 18.0 Å². The van der Waals surface area contributed by atoms with E-state index in [1.165, 1.54) is 13.2 Å². The van der Waals surface area contributed by atoms with E-state index in [1.54, 1.807) is 0 Å². The number of thiophene rings is 1. The van der Waals surface area contributed by atoms with Gasteiger partial charge in [0.1, 0.15) is 4.88 Å². The molecule has 1 amide bonds. The van der Waals surface area contributed by atoms with E-state index in [2.05, 4.69) is 5.32 Å². The number of anilines is 1. The van der Waals surface area contributed by atoms with Crippen molar-refractivity contribution >= 4 is 33.0 Å². The molecule has 0 fully saturated rings. The molecule has 0 aliphatic heterocycles. The number of alkyl halides is 3. The molecule has 1 aromatic carbocycles. The lowest BCUT2D eigenvalue weighted by molar-refractivity contribution is -0.137. The van der Waals surface area contributed by atoms with Crippen LogP contribution in [-0.4, -0.2) is 26.2 Å². The van der Waals surface area contributed by atoms with Crippen molar-refractivity contribution in [3.05, 3.63) is 28.6 Å². The molecule has 0 spiro atoms. The number of carbonyl (C=O) groups excluding carboxylic acids is 1. The Morgan fingerprint density at radius 2 is 2.14 bits per heavy atom. The zero-order valence-electron chi connectivity index (χ0n) is 11.1. The maximum absolute atomic E-state index is 12.7. The minimum absolute atomic E-state index is 0.0658. The van der Waals surface area contributed by atoms with Crippen molar-refractivity contribution in [1.82, 2.24) is 5.32 Å². The molecule has 1 aromatic heterocycles. The summed E-state index contributed by atoms with van der Waals surface area (Å²) in [5.74, 6) is -0.417. The molecule has 0 saturated carbocycles. The van der Waals surface area contributed by atoms with Crippen LogP contribution in [0.25, 0.3) is 10.1 Å². The molecule has 2 rings (SSSR count). The number of amides is 1. The SMILES string of the molecule is COCCNC(=O)c1sc2ccc(C(F)(F)F)cc2c1N. The van der Waals surface area contributed by atoms with Gasteiger partial charge in [0.25, 0.3) is 5.91 Å². The van der Waals surface area contributed by atoms with Crippen LogP contribution in [0.1, 0.15) is 15.2 Å². The van der Waals surface area contributed by atoms with Crippen LogP contribution < -0.4 is 11.1 Å². The van der Waals surface area contributed by atoms with Crippen molar-refractivity contribution in [2.24, 2.45) is 0 Å². The van der Waals surface area contributed by atoms with Gasteiger partial charge in [-0.2, -0.15) is 13.2 Å². The largest absolute Gasteiger partial charge is 0.416 e. The molecule has 4 nitrogen and oxygen atoms in total. The van der Waals surface area contributed by atoms with Crippen LogP contribution in [0, 0.1) is 0 Å². The fraction of sp³-hybridized carbons (Fsp3) is 0.308. The monoisotopic (exact) mass is 318 g/mol. The smallest absolute Gasteiger partial charge is 0.397 e. The van der Waals surface area contributed by atoms with Crippen molar-refractivity contribution in [2.45, 2.75) is 6.18 Å². The van der Waals surface area contributed by atoms with Crippen molar-refractivity contribution in [2.75, 3.05) is 26.0 Å². The van der Waals surface area contributed by atoms with Gasteiger partial charge in [-0.25, -0.2) is 0 Å².